The Kier molecular flexibility index (Phi) is 10.3. The average Bonchev–Trinajstić information content (AvgIpc) is 3.36. The van der Waals surface area contributed by atoms with Gasteiger partial charge in [0.2, 0.25) is 0 Å². The first-order valence-electron chi connectivity index (χ1n) is 13.9. The highest BCUT2D eigenvalue weighted by Gasteiger charge is 2.31. The molecule has 1 saturated heterocycles. The molecule has 2 amide bonds. The highest BCUT2D eigenvalue weighted by Crippen LogP contribution is 2.27. The van der Waals surface area contributed by atoms with Gasteiger partial charge >= 0.3 is 6.18 Å². The summed E-state index contributed by atoms with van der Waals surface area (Å²) < 4.78 is 71.8. The number of methoxy groups -OCH3 is 1. The first-order chi connectivity index (χ1) is 20.9. The number of piperidine rings is 1. The van der Waals surface area contributed by atoms with Crippen molar-refractivity contribution in [3.05, 3.63) is 53.3 Å². The molecule has 0 radical (unpaired) electrons. The molecule has 4 rings (SSSR count). The second-order valence-electron chi connectivity index (χ2n) is 10.5. The molecule has 1 aliphatic heterocycles. The third kappa shape index (κ3) is 8.16. The second-order valence-corrected chi connectivity index (χ2v) is 10.5. The molecule has 0 aliphatic carbocycles. The summed E-state index contributed by atoms with van der Waals surface area (Å²) in [5.41, 5.74) is 1.44. The third-order valence-corrected chi connectivity index (χ3v) is 7.31. The number of nitrogens with zero attached hydrogens (tertiary/aromatic N) is 3. The van der Waals surface area contributed by atoms with Gasteiger partial charge in [0, 0.05) is 37.3 Å². The first-order valence-corrected chi connectivity index (χ1v) is 13.9. The number of imidazole rings is 1. The zero-order chi connectivity index (χ0) is 32.0. The Morgan fingerprint density at radius 1 is 1.18 bits per heavy atom. The molecule has 1 aromatic heterocycles. The summed E-state index contributed by atoms with van der Waals surface area (Å²) in [5, 5.41) is 8.53. The number of fused-ring (bicyclic) bond motifs is 1. The largest absolute Gasteiger partial charge is 0.495 e. The predicted molar refractivity (Wildman–Crippen MR) is 155 cm³/mol. The number of likely N-dealkylation sites (tertiary alicyclic amines) is 1. The van der Waals surface area contributed by atoms with Gasteiger partial charge in [0.15, 0.2) is 0 Å². The van der Waals surface area contributed by atoms with E-state index < -0.39 is 25.1 Å². The molecule has 2 heterocycles. The lowest BCUT2D eigenvalue weighted by Crippen LogP contribution is -2.50. The van der Waals surface area contributed by atoms with Gasteiger partial charge in [0.05, 0.1) is 43.3 Å². The summed E-state index contributed by atoms with van der Waals surface area (Å²) >= 11 is 0. The first kappa shape index (κ1) is 32.5. The quantitative estimate of drug-likeness (QED) is 0.246. The number of hydrogen-bond acceptors (Lipinski definition) is 6. The van der Waals surface area contributed by atoms with Gasteiger partial charge in [0.1, 0.15) is 17.8 Å². The summed E-state index contributed by atoms with van der Waals surface area (Å²) in [6, 6.07) is 7.43. The van der Waals surface area contributed by atoms with Gasteiger partial charge in [-0.2, -0.15) is 13.2 Å². The highest BCUT2D eigenvalue weighted by atomic mass is 19.4. The number of carbonyl (C=O) groups is 2. The molecule has 44 heavy (non-hydrogen) atoms. The number of anilines is 1. The number of rotatable bonds is 9. The van der Waals surface area contributed by atoms with E-state index in [1.165, 1.54) is 26.3 Å². The van der Waals surface area contributed by atoms with E-state index >= 15 is 0 Å². The van der Waals surface area contributed by atoms with Gasteiger partial charge < -0.3 is 25.3 Å². The molecule has 3 N–H and O–H groups in total. The molecule has 236 valence electrons. The van der Waals surface area contributed by atoms with Crippen molar-refractivity contribution >= 4 is 28.5 Å². The van der Waals surface area contributed by atoms with E-state index in [1.54, 1.807) is 23.1 Å². The molecule has 0 unspecified atom stereocenters. The Balaban J connectivity index is 1.58. The lowest BCUT2D eigenvalue weighted by Gasteiger charge is -2.37. The average molecular weight is 621 g/mol. The Bertz CT molecular complexity index is 1560. The number of hydrogen-bond donors (Lipinski definition) is 3. The maximum absolute atomic E-state index is 13.5. The van der Waals surface area contributed by atoms with E-state index in [2.05, 4.69) is 32.8 Å². The minimum atomic E-state index is -4.52. The standard InChI is InChI=1S/C30H33F5N6O3/c1-18-14-40(15-26(31)32)10-8-22(18)39-29(43)21-11-19(12-24-27(21)38-17-41(24)16-30(33,34)35)5-4-9-37-23-13-20(28(42)36-2)6-7-25(23)44-3/h6-7,11-13,17-18,22,26,37H,8-10,14-16H2,1-3H3,(H,36,42)(H,39,43)/t18-,22-/m0/s1. The summed E-state index contributed by atoms with van der Waals surface area (Å²) in [5.74, 6) is 5.31. The number of amides is 2. The van der Waals surface area contributed by atoms with Crippen molar-refractivity contribution in [3.63, 3.8) is 0 Å². The van der Waals surface area contributed by atoms with Crippen LogP contribution < -0.4 is 20.7 Å². The second kappa shape index (κ2) is 13.9. The number of benzene rings is 2. The van der Waals surface area contributed by atoms with Crippen LogP contribution in [-0.2, 0) is 6.54 Å². The molecule has 1 aliphatic rings. The van der Waals surface area contributed by atoms with Gasteiger partial charge in [-0.05, 0) is 42.7 Å². The molecule has 2 atom stereocenters. The topological polar surface area (TPSA) is 101 Å². The fraction of sp³-hybridized carbons (Fsp3) is 0.433. The molecule has 2 aromatic carbocycles. The zero-order valence-corrected chi connectivity index (χ0v) is 24.4. The zero-order valence-electron chi connectivity index (χ0n) is 24.4. The van der Waals surface area contributed by atoms with Gasteiger partial charge in [-0.15, -0.1) is 0 Å². The maximum Gasteiger partial charge on any atom is 0.406 e. The molecular weight excluding hydrogens is 587 g/mol. The van der Waals surface area contributed by atoms with Crippen LogP contribution in [0.5, 0.6) is 5.75 Å². The van der Waals surface area contributed by atoms with Crippen LogP contribution in [0.4, 0.5) is 27.6 Å². The van der Waals surface area contributed by atoms with Crippen LogP contribution >= 0.6 is 0 Å². The lowest BCUT2D eigenvalue weighted by molar-refractivity contribution is -0.140. The summed E-state index contributed by atoms with van der Waals surface area (Å²) in [6.45, 7) is 1.05. The molecule has 9 nitrogen and oxygen atoms in total. The number of halogens is 5. The normalized spacial score (nSPS) is 17.2. The van der Waals surface area contributed by atoms with E-state index in [0.29, 0.717) is 42.1 Å². The molecule has 3 aromatic rings. The van der Waals surface area contributed by atoms with Crippen molar-refractivity contribution in [2.24, 2.45) is 5.92 Å². The molecular formula is C30H33F5N6O3. The van der Waals surface area contributed by atoms with E-state index in [0.717, 1.165) is 10.9 Å². The number of alkyl halides is 5. The van der Waals surface area contributed by atoms with E-state index in [-0.39, 0.29) is 47.6 Å². The van der Waals surface area contributed by atoms with E-state index in [4.69, 9.17) is 4.74 Å². The van der Waals surface area contributed by atoms with Crippen LogP contribution in [0, 0.1) is 17.8 Å². The van der Waals surface area contributed by atoms with E-state index in [1.807, 2.05) is 6.92 Å². The van der Waals surface area contributed by atoms with Gasteiger partial charge in [-0.25, -0.2) is 13.8 Å². The van der Waals surface area contributed by atoms with Crippen molar-refractivity contribution in [1.82, 2.24) is 25.1 Å². The van der Waals surface area contributed by atoms with Crippen LogP contribution in [0.25, 0.3) is 11.0 Å². The van der Waals surface area contributed by atoms with Crippen LogP contribution in [-0.4, -0.2) is 85.2 Å². The fourth-order valence-corrected chi connectivity index (χ4v) is 5.20. The van der Waals surface area contributed by atoms with Gasteiger partial charge in [-0.1, -0.05) is 18.8 Å². The van der Waals surface area contributed by atoms with Gasteiger partial charge in [-0.3, -0.25) is 14.5 Å². The van der Waals surface area contributed by atoms with Crippen molar-refractivity contribution in [2.75, 3.05) is 45.7 Å². The Morgan fingerprint density at radius 2 is 1.95 bits per heavy atom. The number of nitrogens with one attached hydrogen (secondary N) is 3. The molecule has 0 spiro atoms. The number of carbonyl (C=O) groups excluding carboxylic acids is 2. The van der Waals surface area contributed by atoms with Crippen molar-refractivity contribution < 1.29 is 36.3 Å². The minimum absolute atomic E-state index is 0.0582. The van der Waals surface area contributed by atoms with Crippen molar-refractivity contribution in [1.29, 1.82) is 0 Å². The van der Waals surface area contributed by atoms with Crippen LogP contribution in [0.1, 0.15) is 39.6 Å². The smallest absolute Gasteiger partial charge is 0.406 e. The molecule has 14 heteroatoms. The summed E-state index contributed by atoms with van der Waals surface area (Å²) in [7, 11) is 2.99. The Morgan fingerprint density at radius 3 is 2.61 bits per heavy atom. The number of aromatic nitrogens is 2. The summed E-state index contributed by atoms with van der Waals surface area (Å²) in [4.78, 5) is 31.2. The Hall–Kier alpha value is -4.38. The lowest BCUT2D eigenvalue weighted by atomic mass is 9.93. The molecule has 1 fully saturated rings. The van der Waals surface area contributed by atoms with Crippen molar-refractivity contribution in [3.8, 4) is 17.6 Å². The van der Waals surface area contributed by atoms with Crippen molar-refractivity contribution in [2.45, 2.75) is 38.5 Å². The third-order valence-electron chi connectivity index (χ3n) is 7.31. The number of ether oxygens (including phenoxy) is 1. The molecule has 0 saturated carbocycles. The van der Waals surface area contributed by atoms with Crippen LogP contribution in [0.3, 0.4) is 0 Å². The fourth-order valence-electron chi connectivity index (χ4n) is 5.20. The Labute approximate surface area is 251 Å². The van der Waals surface area contributed by atoms with Gasteiger partial charge in [0.25, 0.3) is 18.2 Å². The SMILES string of the molecule is CNC(=O)c1ccc(OC)c(NCC#Cc2cc(C(=O)N[C@H]3CCN(CC(F)F)C[C@@H]3C)c3ncn(CC(F)(F)F)c3c2)c1. The van der Waals surface area contributed by atoms with E-state index in [9.17, 15) is 31.5 Å². The molecule has 0 bridgehead atoms. The highest BCUT2D eigenvalue weighted by molar-refractivity contribution is 6.05. The monoisotopic (exact) mass is 620 g/mol. The minimum Gasteiger partial charge on any atom is -0.495 e. The van der Waals surface area contributed by atoms with Crippen LogP contribution in [0.2, 0.25) is 0 Å². The van der Waals surface area contributed by atoms with Crippen LogP contribution in [0.15, 0.2) is 36.7 Å². The predicted octanol–water partition coefficient (Wildman–Crippen LogP) is 4.14. The summed E-state index contributed by atoms with van der Waals surface area (Å²) in [6.07, 6.45) is -5.50. The maximum atomic E-state index is 13.5.